The average Bonchev–Trinajstić information content (AvgIpc) is 3.25. The molecule has 4 rings (SSSR count). The molecule has 0 saturated heterocycles. The quantitative estimate of drug-likeness (QED) is 0.495. The summed E-state index contributed by atoms with van der Waals surface area (Å²) in [4.78, 5) is 5.83. The molecule has 2 aromatic heterocycles. The van der Waals surface area contributed by atoms with Gasteiger partial charge in [0.2, 0.25) is 0 Å². The van der Waals surface area contributed by atoms with Gasteiger partial charge in [-0.15, -0.1) is 11.3 Å². The van der Waals surface area contributed by atoms with Gasteiger partial charge in [0.05, 0.1) is 7.11 Å². The van der Waals surface area contributed by atoms with Gasteiger partial charge < -0.3 is 10.1 Å². The number of para-hydroxylation sites is 1. The minimum atomic E-state index is 0.844. The molecule has 0 atom stereocenters. The Labute approximate surface area is 157 Å². The summed E-state index contributed by atoms with van der Waals surface area (Å²) >= 11 is 1.64. The van der Waals surface area contributed by atoms with E-state index in [1.165, 1.54) is 11.1 Å². The van der Waals surface area contributed by atoms with Crippen LogP contribution >= 0.6 is 11.3 Å². The van der Waals surface area contributed by atoms with Crippen LogP contribution in [0.1, 0.15) is 18.1 Å². The van der Waals surface area contributed by atoms with Gasteiger partial charge in [-0.05, 0) is 48.7 Å². The fourth-order valence-corrected chi connectivity index (χ4v) is 3.89. The van der Waals surface area contributed by atoms with Crippen molar-refractivity contribution in [3.63, 3.8) is 0 Å². The summed E-state index contributed by atoms with van der Waals surface area (Å²) in [6.45, 7) is 4.32. The highest BCUT2D eigenvalue weighted by molar-refractivity contribution is 7.15. The van der Waals surface area contributed by atoms with Crippen LogP contribution in [0.5, 0.6) is 5.75 Å². The zero-order chi connectivity index (χ0) is 18.1. The minimum Gasteiger partial charge on any atom is -0.497 e. The van der Waals surface area contributed by atoms with Crippen LogP contribution in [-0.2, 0) is 6.42 Å². The first-order valence-electron chi connectivity index (χ1n) is 8.66. The Morgan fingerprint density at radius 1 is 1.15 bits per heavy atom. The van der Waals surface area contributed by atoms with E-state index in [4.69, 9.17) is 9.72 Å². The molecule has 0 spiro atoms. The molecule has 0 unspecified atom stereocenters. The van der Waals surface area contributed by atoms with Crippen LogP contribution in [-0.4, -0.2) is 16.5 Å². The summed E-state index contributed by atoms with van der Waals surface area (Å²) in [6.07, 6.45) is 3.04. The molecule has 4 nitrogen and oxygen atoms in total. The lowest BCUT2D eigenvalue weighted by atomic mass is 10.1. The second-order valence-electron chi connectivity index (χ2n) is 6.18. The molecule has 26 heavy (non-hydrogen) atoms. The Morgan fingerprint density at radius 3 is 2.69 bits per heavy atom. The molecule has 0 aliphatic rings. The summed E-state index contributed by atoms with van der Waals surface area (Å²) < 4.78 is 7.40. The van der Waals surface area contributed by atoms with Crippen molar-refractivity contribution < 1.29 is 4.74 Å². The van der Waals surface area contributed by atoms with Crippen molar-refractivity contribution in [1.82, 2.24) is 9.38 Å². The van der Waals surface area contributed by atoms with Gasteiger partial charge in [-0.25, -0.2) is 4.98 Å². The standard InChI is InChI=1S/C21H21N3OS/c1-4-15-7-5-6-14(2)18(15)22-20-19(23-21-24(20)12-13-26-21)16-8-10-17(25-3)11-9-16/h5-13,22H,4H2,1-3H3. The average molecular weight is 363 g/mol. The summed E-state index contributed by atoms with van der Waals surface area (Å²) in [5, 5.41) is 5.73. The number of benzene rings is 2. The van der Waals surface area contributed by atoms with Crippen LogP contribution in [0.25, 0.3) is 16.2 Å². The Morgan fingerprint density at radius 2 is 1.96 bits per heavy atom. The normalized spacial score (nSPS) is 11.0. The largest absolute Gasteiger partial charge is 0.497 e. The van der Waals surface area contributed by atoms with Crippen LogP contribution < -0.4 is 10.1 Å². The highest BCUT2D eigenvalue weighted by Gasteiger charge is 2.17. The lowest BCUT2D eigenvalue weighted by Gasteiger charge is -2.15. The Hall–Kier alpha value is -2.79. The molecule has 0 fully saturated rings. The number of rotatable bonds is 5. The highest BCUT2D eigenvalue weighted by Crippen LogP contribution is 2.35. The third-order valence-corrected chi connectivity index (χ3v) is 5.37. The predicted octanol–water partition coefficient (Wildman–Crippen LogP) is 5.69. The van der Waals surface area contributed by atoms with E-state index in [0.717, 1.165) is 39.9 Å². The van der Waals surface area contributed by atoms with E-state index in [9.17, 15) is 0 Å². The fraction of sp³-hybridized carbons (Fsp3) is 0.190. The number of anilines is 2. The van der Waals surface area contributed by atoms with E-state index in [2.05, 4.69) is 65.5 Å². The molecule has 0 bridgehead atoms. The van der Waals surface area contributed by atoms with Gasteiger partial charge >= 0.3 is 0 Å². The number of nitrogens with zero attached hydrogens (tertiary/aromatic N) is 2. The maximum atomic E-state index is 5.28. The number of imidazole rings is 1. The molecule has 2 aromatic carbocycles. The van der Waals surface area contributed by atoms with Crippen LogP contribution in [0, 0.1) is 6.92 Å². The van der Waals surface area contributed by atoms with Gasteiger partial charge in [-0.1, -0.05) is 25.1 Å². The number of fused-ring (bicyclic) bond motifs is 1. The number of methoxy groups -OCH3 is 1. The van der Waals surface area contributed by atoms with Gasteiger partial charge in [-0.3, -0.25) is 4.40 Å². The van der Waals surface area contributed by atoms with E-state index >= 15 is 0 Å². The minimum absolute atomic E-state index is 0.844. The number of aryl methyl sites for hydroxylation is 2. The van der Waals surface area contributed by atoms with Crippen molar-refractivity contribution >= 4 is 27.8 Å². The third kappa shape index (κ3) is 2.84. The Bertz CT molecular complexity index is 1050. The second kappa shape index (κ2) is 6.84. The van der Waals surface area contributed by atoms with Crippen molar-refractivity contribution in [3.8, 4) is 17.0 Å². The molecule has 0 radical (unpaired) electrons. The van der Waals surface area contributed by atoms with Crippen molar-refractivity contribution in [3.05, 3.63) is 65.2 Å². The fourth-order valence-electron chi connectivity index (χ4n) is 3.18. The molecule has 4 aromatic rings. The monoisotopic (exact) mass is 363 g/mol. The zero-order valence-corrected chi connectivity index (χ0v) is 15.9. The molecule has 1 N–H and O–H groups in total. The topological polar surface area (TPSA) is 38.6 Å². The number of nitrogens with one attached hydrogen (secondary N) is 1. The number of thiazole rings is 1. The summed E-state index contributed by atoms with van der Waals surface area (Å²) in [5.41, 5.74) is 5.71. The van der Waals surface area contributed by atoms with Crippen LogP contribution in [0.2, 0.25) is 0 Å². The van der Waals surface area contributed by atoms with Gasteiger partial charge in [0, 0.05) is 22.8 Å². The van der Waals surface area contributed by atoms with E-state index < -0.39 is 0 Å². The van der Waals surface area contributed by atoms with Crippen molar-refractivity contribution in [2.75, 3.05) is 12.4 Å². The molecular formula is C21H21N3OS. The van der Waals surface area contributed by atoms with Crippen molar-refractivity contribution in [2.24, 2.45) is 0 Å². The number of hydrogen-bond donors (Lipinski definition) is 1. The lowest BCUT2D eigenvalue weighted by molar-refractivity contribution is 0.415. The summed E-state index contributed by atoms with van der Waals surface area (Å²) in [5.74, 6) is 1.84. The number of ether oxygens (including phenoxy) is 1. The van der Waals surface area contributed by atoms with E-state index in [1.807, 2.05) is 12.1 Å². The lowest BCUT2D eigenvalue weighted by Crippen LogP contribution is -2.01. The maximum absolute atomic E-state index is 5.28. The number of hydrogen-bond acceptors (Lipinski definition) is 4. The van der Waals surface area contributed by atoms with Crippen LogP contribution in [0.3, 0.4) is 0 Å². The second-order valence-corrected chi connectivity index (χ2v) is 7.05. The van der Waals surface area contributed by atoms with E-state index in [0.29, 0.717) is 0 Å². The highest BCUT2D eigenvalue weighted by atomic mass is 32.1. The van der Waals surface area contributed by atoms with E-state index in [-0.39, 0.29) is 0 Å². The first kappa shape index (κ1) is 16.7. The molecule has 132 valence electrons. The van der Waals surface area contributed by atoms with Crippen molar-refractivity contribution in [2.45, 2.75) is 20.3 Å². The molecule has 2 heterocycles. The zero-order valence-electron chi connectivity index (χ0n) is 15.1. The van der Waals surface area contributed by atoms with Crippen LogP contribution in [0.15, 0.2) is 54.0 Å². The summed E-state index contributed by atoms with van der Waals surface area (Å²) in [7, 11) is 1.68. The first-order chi connectivity index (χ1) is 12.7. The maximum Gasteiger partial charge on any atom is 0.195 e. The molecule has 0 amide bonds. The van der Waals surface area contributed by atoms with Gasteiger partial charge in [0.15, 0.2) is 4.96 Å². The third-order valence-electron chi connectivity index (χ3n) is 4.61. The Balaban J connectivity index is 1.85. The van der Waals surface area contributed by atoms with Gasteiger partial charge in [0.25, 0.3) is 0 Å². The molecule has 0 aliphatic carbocycles. The SMILES string of the molecule is CCc1cccc(C)c1Nc1c(-c2ccc(OC)cc2)nc2sccn12. The smallest absolute Gasteiger partial charge is 0.195 e. The molecular weight excluding hydrogens is 342 g/mol. The van der Waals surface area contributed by atoms with Gasteiger partial charge in [-0.2, -0.15) is 0 Å². The van der Waals surface area contributed by atoms with Gasteiger partial charge in [0.1, 0.15) is 17.3 Å². The molecule has 5 heteroatoms. The molecule has 0 saturated carbocycles. The number of aromatic nitrogens is 2. The first-order valence-corrected chi connectivity index (χ1v) is 9.54. The van der Waals surface area contributed by atoms with Crippen LogP contribution in [0.4, 0.5) is 11.5 Å². The molecule has 0 aliphatic heterocycles. The van der Waals surface area contributed by atoms with E-state index in [1.54, 1.807) is 18.4 Å². The van der Waals surface area contributed by atoms with Crippen molar-refractivity contribution in [1.29, 1.82) is 0 Å². The predicted molar refractivity (Wildman–Crippen MR) is 109 cm³/mol. The summed E-state index contributed by atoms with van der Waals surface area (Å²) in [6, 6.07) is 14.5. The Kier molecular flexibility index (Phi) is 4.39.